The fourth-order valence-corrected chi connectivity index (χ4v) is 4.78. The minimum absolute atomic E-state index is 0.104. The first kappa shape index (κ1) is 23.1. The summed E-state index contributed by atoms with van der Waals surface area (Å²) in [5, 5.41) is 4.16. The molecule has 8 nitrogen and oxygen atoms in total. The van der Waals surface area contributed by atoms with E-state index in [0.717, 1.165) is 19.2 Å². The maximum atomic E-state index is 13.2. The Balaban J connectivity index is 1.89. The number of esters is 1. The highest BCUT2D eigenvalue weighted by atomic mass is 32.2. The van der Waals surface area contributed by atoms with Crippen molar-refractivity contribution < 1.29 is 35.9 Å². The molecule has 0 saturated heterocycles. The maximum absolute atomic E-state index is 13.2. The molecule has 0 radical (unpaired) electrons. The molecule has 0 aliphatic heterocycles. The van der Waals surface area contributed by atoms with Gasteiger partial charge in [0, 0.05) is 17.3 Å². The van der Waals surface area contributed by atoms with Crippen LogP contribution in [-0.4, -0.2) is 37.9 Å². The average molecular weight is 461 g/mol. The number of rotatable bonds is 7. The van der Waals surface area contributed by atoms with Gasteiger partial charge >= 0.3 is 12.1 Å². The highest BCUT2D eigenvalue weighted by Gasteiger charge is 2.34. The molecule has 0 bridgehead atoms. The van der Waals surface area contributed by atoms with Crippen molar-refractivity contribution in [1.29, 1.82) is 0 Å². The van der Waals surface area contributed by atoms with Crippen LogP contribution in [0.4, 0.5) is 13.2 Å². The van der Waals surface area contributed by atoms with Crippen LogP contribution in [0.3, 0.4) is 0 Å². The number of sulfonamides is 1. The number of fused-ring (bicyclic) bond motifs is 1. The molecule has 1 atom stereocenters. The van der Waals surface area contributed by atoms with E-state index >= 15 is 0 Å². The molecule has 1 aliphatic rings. The Morgan fingerprint density at radius 1 is 1.32 bits per heavy atom. The summed E-state index contributed by atoms with van der Waals surface area (Å²) in [7, 11) is -3.14. The molecule has 1 N–H and O–H groups in total. The Morgan fingerprint density at radius 2 is 2.06 bits per heavy atom. The van der Waals surface area contributed by atoms with Crippen molar-refractivity contribution in [1.82, 2.24) is 14.5 Å². The summed E-state index contributed by atoms with van der Waals surface area (Å²) in [6.07, 6.45) is -1.63. The van der Waals surface area contributed by atoms with Gasteiger partial charge in [-0.2, -0.15) is 18.3 Å². The summed E-state index contributed by atoms with van der Waals surface area (Å²) >= 11 is 0. The smallest absolute Gasteiger partial charge is 0.416 e. The summed E-state index contributed by atoms with van der Waals surface area (Å²) in [6, 6.07) is 1.65. The van der Waals surface area contributed by atoms with Crippen molar-refractivity contribution in [3.63, 3.8) is 0 Å². The number of methoxy groups -OCH3 is 1. The van der Waals surface area contributed by atoms with E-state index in [1.807, 2.05) is 0 Å². The predicted molar refractivity (Wildman–Crippen MR) is 103 cm³/mol. The maximum Gasteiger partial charge on any atom is 0.416 e. The fourth-order valence-electron chi connectivity index (χ4n) is 3.47. The molecule has 1 aromatic carbocycles. The largest absolute Gasteiger partial charge is 0.497 e. The molecule has 1 heterocycles. The molecule has 1 aromatic heterocycles. The van der Waals surface area contributed by atoms with Crippen LogP contribution in [0.15, 0.2) is 29.3 Å². The summed E-state index contributed by atoms with van der Waals surface area (Å²) in [5.41, 5.74) is 0.144. The average Bonchev–Trinajstić information content (AvgIpc) is 3.10. The number of benzene rings is 1. The first-order valence-electron chi connectivity index (χ1n) is 9.54. The number of hydrogen-bond acceptors (Lipinski definition) is 6. The van der Waals surface area contributed by atoms with Crippen molar-refractivity contribution in [2.45, 2.75) is 49.8 Å². The second-order valence-corrected chi connectivity index (χ2v) is 8.68. The van der Waals surface area contributed by atoms with E-state index < -0.39 is 38.7 Å². The SMILES string of the molecule is CCOC(=O)Cn1ncc2c1CCCC2NS(=O)(=O)c1cc(OC)cc(C(F)(F)F)c1. The standard InChI is InChI=1S/C19H22F3N3O5S/c1-3-30-18(26)11-25-17-6-4-5-16(15(17)10-23-25)24-31(27,28)14-8-12(19(20,21)22)7-13(9-14)29-2/h7-10,16,24H,3-6,11H2,1-2H3. The first-order chi connectivity index (χ1) is 14.5. The van der Waals surface area contributed by atoms with E-state index in [4.69, 9.17) is 9.47 Å². The van der Waals surface area contributed by atoms with E-state index in [-0.39, 0.29) is 18.9 Å². The Morgan fingerprint density at radius 3 is 2.71 bits per heavy atom. The zero-order valence-electron chi connectivity index (χ0n) is 16.9. The van der Waals surface area contributed by atoms with Gasteiger partial charge in [0.15, 0.2) is 0 Å². The lowest BCUT2D eigenvalue weighted by Crippen LogP contribution is -2.31. The van der Waals surface area contributed by atoms with Crippen molar-refractivity contribution in [3.8, 4) is 5.75 Å². The topological polar surface area (TPSA) is 99.5 Å². The van der Waals surface area contributed by atoms with Gasteiger partial charge in [0.1, 0.15) is 12.3 Å². The number of hydrogen-bond donors (Lipinski definition) is 1. The minimum atomic E-state index is -4.73. The van der Waals surface area contributed by atoms with E-state index in [1.54, 1.807) is 6.92 Å². The lowest BCUT2D eigenvalue weighted by molar-refractivity contribution is -0.144. The van der Waals surface area contributed by atoms with E-state index in [0.29, 0.717) is 36.6 Å². The number of ether oxygens (including phenoxy) is 2. The predicted octanol–water partition coefficient (Wildman–Crippen LogP) is 2.83. The lowest BCUT2D eigenvalue weighted by atomic mass is 9.94. The number of nitrogens with zero attached hydrogens (tertiary/aromatic N) is 2. The number of aromatic nitrogens is 2. The third-order valence-corrected chi connectivity index (χ3v) is 6.35. The second kappa shape index (κ2) is 8.87. The molecular weight excluding hydrogens is 439 g/mol. The number of carbonyl (C=O) groups excluding carboxylic acids is 1. The molecule has 0 spiro atoms. The molecule has 12 heteroatoms. The zero-order chi connectivity index (χ0) is 22.8. The van der Waals surface area contributed by atoms with Gasteiger partial charge in [-0.3, -0.25) is 9.48 Å². The van der Waals surface area contributed by atoms with E-state index in [2.05, 4.69) is 9.82 Å². The molecule has 3 rings (SSSR count). The summed E-state index contributed by atoms with van der Waals surface area (Å²) in [4.78, 5) is 11.2. The Kier molecular flexibility index (Phi) is 6.60. The van der Waals surface area contributed by atoms with Crippen molar-refractivity contribution >= 4 is 16.0 Å². The fraction of sp³-hybridized carbons (Fsp3) is 0.474. The van der Waals surface area contributed by atoms with Gasteiger partial charge in [0.05, 0.1) is 36.4 Å². The third-order valence-electron chi connectivity index (χ3n) is 4.90. The minimum Gasteiger partial charge on any atom is -0.497 e. The van der Waals surface area contributed by atoms with Crippen LogP contribution in [0.2, 0.25) is 0 Å². The molecule has 1 unspecified atom stereocenters. The Bertz CT molecular complexity index is 1070. The lowest BCUT2D eigenvalue weighted by Gasteiger charge is -2.24. The van der Waals surface area contributed by atoms with E-state index in [1.165, 1.54) is 10.9 Å². The monoisotopic (exact) mass is 461 g/mol. The molecule has 0 fully saturated rings. The van der Waals surface area contributed by atoms with Crippen LogP contribution in [0.5, 0.6) is 5.75 Å². The summed E-state index contributed by atoms with van der Waals surface area (Å²) < 4.78 is 79.0. The van der Waals surface area contributed by atoms with Gasteiger partial charge < -0.3 is 9.47 Å². The van der Waals surface area contributed by atoms with E-state index in [9.17, 15) is 26.4 Å². The van der Waals surface area contributed by atoms with Gasteiger partial charge in [-0.05, 0) is 38.3 Å². The molecule has 31 heavy (non-hydrogen) atoms. The second-order valence-electron chi connectivity index (χ2n) is 6.97. The van der Waals surface area contributed by atoms with Gasteiger partial charge in [0.25, 0.3) is 0 Å². The van der Waals surface area contributed by atoms with Crippen LogP contribution in [0.1, 0.15) is 42.6 Å². The third kappa shape index (κ3) is 5.18. The number of halogens is 3. The molecular formula is C19H22F3N3O5S. The highest BCUT2D eigenvalue weighted by molar-refractivity contribution is 7.89. The molecule has 0 amide bonds. The number of nitrogens with one attached hydrogen (secondary N) is 1. The molecule has 0 saturated carbocycles. The molecule has 170 valence electrons. The van der Waals surface area contributed by atoms with Crippen molar-refractivity contribution in [3.05, 3.63) is 41.2 Å². The van der Waals surface area contributed by atoms with Crippen LogP contribution >= 0.6 is 0 Å². The number of alkyl halides is 3. The van der Waals surface area contributed by atoms with Gasteiger partial charge in [-0.1, -0.05) is 0 Å². The van der Waals surface area contributed by atoms with Gasteiger partial charge in [0.2, 0.25) is 10.0 Å². The molecule has 1 aliphatic carbocycles. The van der Waals surface area contributed by atoms with Crippen LogP contribution in [0, 0.1) is 0 Å². The highest BCUT2D eigenvalue weighted by Crippen LogP contribution is 2.35. The van der Waals surface area contributed by atoms with Crippen LogP contribution < -0.4 is 9.46 Å². The first-order valence-corrected chi connectivity index (χ1v) is 11.0. The summed E-state index contributed by atoms with van der Waals surface area (Å²) in [6.45, 7) is 1.81. The quantitative estimate of drug-likeness (QED) is 0.637. The Hall–Kier alpha value is -2.60. The van der Waals surface area contributed by atoms with Crippen molar-refractivity contribution in [2.75, 3.05) is 13.7 Å². The van der Waals surface area contributed by atoms with Crippen LogP contribution in [0.25, 0.3) is 0 Å². The normalized spacial score (nSPS) is 16.6. The zero-order valence-corrected chi connectivity index (χ0v) is 17.7. The summed E-state index contributed by atoms with van der Waals surface area (Å²) in [5.74, 6) is -0.686. The molecule has 2 aromatic rings. The Labute approximate surface area is 177 Å². The van der Waals surface area contributed by atoms with Crippen LogP contribution in [-0.2, 0) is 38.7 Å². The number of carbonyl (C=O) groups is 1. The van der Waals surface area contributed by atoms with Gasteiger partial charge in [-0.25, -0.2) is 13.1 Å². The van der Waals surface area contributed by atoms with Gasteiger partial charge in [-0.15, -0.1) is 0 Å². The van der Waals surface area contributed by atoms with Crippen molar-refractivity contribution in [2.24, 2.45) is 0 Å².